The number of carboxylic acid groups (broad SMARTS) is 1. The van der Waals surface area contributed by atoms with Crippen LogP contribution in [0.1, 0.15) is 42.7 Å². The van der Waals surface area contributed by atoms with Gasteiger partial charge in [-0.15, -0.1) is 0 Å². The number of carbonyl (C=O) groups is 2. The van der Waals surface area contributed by atoms with Crippen LogP contribution in [0, 0.1) is 0 Å². The smallest absolute Gasteiger partial charge is 0.322 e. The third-order valence-corrected chi connectivity index (χ3v) is 4.57. The summed E-state index contributed by atoms with van der Waals surface area (Å²) in [5, 5.41) is 22.3. The molecule has 1 aromatic heterocycles. The first kappa shape index (κ1) is 21.9. The summed E-state index contributed by atoms with van der Waals surface area (Å²) in [6.07, 6.45) is 0. The summed E-state index contributed by atoms with van der Waals surface area (Å²) in [6, 6.07) is 12.7. The van der Waals surface area contributed by atoms with Crippen molar-refractivity contribution < 1.29 is 29.3 Å². The fourth-order valence-electron chi connectivity index (χ4n) is 3.03. The normalized spacial score (nSPS) is 10.8. The number of carboxylic acids is 1. The van der Waals surface area contributed by atoms with Gasteiger partial charge in [0.15, 0.2) is 11.4 Å². The topological polar surface area (TPSA) is 118 Å². The van der Waals surface area contributed by atoms with E-state index in [2.05, 4.69) is 24.1 Å². The predicted octanol–water partition coefficient (Wildman–Crippen LogP) is 4.07. The number of carbonyl (C=O) groups excluding carboxylic acids is 1. The first-order valence-corrected chi connectivity index (χ1v) is 9.87. The van der Waals surface area contributed by atoms with Crippen molar-refractivity contribution in [1.29, 1.82) is 0 Å². The molecule has 0 aliphatic carbocycles. The minimum absolute atomic E-state index is 0.136. The van der Waals surface area contributed by atoms with Crippen LogP contribution in [0.3, 0.4) is 0 Å². The molecule has 3 rings (SSSR count). The third kappa shape index (κ3) is 5.03. The standard InChI is InChI=1S/C23H24N2O6/c1-4-30-23-18-11-16(31-15-7-5-6-14(10-15)13(2)3)8-9-17(18)21(28)20(25-23)22(29)24-12-19(26)27/h5-11,13,28H,4,12H2,1-3H3,(H,24,29)(H,26,27). The van der Waals surface area contributed by atoms with Crippen LogP contribution in [-0.4, -0.2) is 40.2 Å². The Morgan fingerprint density at radius 1 is 1.10 bits per heavy atom. The van der Waals surface area contributed by atoms with Gasteiger partial charge in [-0.05, 0) is 48.7 Å². The van der Waals surface area contributed by atoms with Crippen molar-refractivity contribution in [3.8, 4) is 23.1 Å². The highest BCUT2D eigenvalue weighted by Crippen LogP contribution is 2.37. The maximum atomic E-state index is 12.3. The van der Waals surface area contributed by atoms with E-state index in [4.69, 9.17) is 14.6 Å². The Morgan fingerprint density at radius 2 is 1.84 bits per heavy atom. The SMILES string of the molecule is CCOc1nc(C(=O)NCC(=O)O)c(O)c2ccc(Oc3cccc(C(C)C)c3)cc12. The van der Waals surface area contributed by atoms with Crippen LogP contribution in [0.4, 0.5) is 0 Å². The van der Waals surface area contributed by atoms with E-state index in [9.17, 15) is 14.7 Å². The molecule has 0 bridgehead atoms. The van der Waals surface area contributed by atoms with Gasteiger partial charge >= 0.3 is 5.97 Å². The number of nitrogens with zero attached hydrogens (tertiary/aromatic N) is 1. The zero-order valence-electron chi connectivity index (χ0n) is 17.5. The molecule has 0 aliphatic heterocycles. The Kier molecular flexibility index (Phi) is 6.59. The van der Waals surface area contributed by atoms with Gasteiger partial charge in [-0.2, -0.15) is 0 Å². The van der Waals surface area contributed by atoms with Crippen LogP contribution < -0.4 is 14.8 Å². The lowest BCUT2D eigenvalue weighted by molar-refractivity contribution is -0.135. The van der Waals surface area contributed by atoms with Crippen LogP contribution in [0.25, 0.3) is 10.8 Å². The Morgan fingerprint density at radius 3 is 2.52 bits per heavy atom. The number of amides is 1. The fraction of sp³-hybridized carbons (Fsp3) is 0.261. The van der Waals surface area contributed by atoms with Gasteiger partial charge < -0.3 is 25.0 Å². The fourth-order valence-corrected chi connectivity index (χ4v) is 3.03. The van der Waals surface area contributed by atoms with Crippen molar-refractivity contribution in [3.05, 3.63) is 53.7 Å². The van der Waals surface area contributed by atoms with Crippen LogP contribution in [0.2, 0.25) is 0 Å². The number of hydrogen-bond acceptors (Lipinski definition) is 6. The molecule has 3 aromatic rings. The summed E-state index contributed by atoms with van der Waals surface area (Å²) in [5.41, 5.74) is 0.833. The average molecular weight is 424 g/mol. The van der Waals surface area contributed by atoms with Crippen molar-refractivity contribution >= 4 is 22.6 Å². The van der Waals surface area contributed by atoms with E-state index < -0.39 is 18.4 Å². The van der Waals surface area contributed by atoms with Crippen LogP contribution in [0.15, 0.2) is 42.5 Å². The summed E-state index contributed by atoms with van der Waals surface area (Å²) >= 11 is 0. The van der Waals surface area contributed by atoms with Crippen molar-refractivity contribution in [2.75, 3.05) is 13.2 Å². The minimum atomic E-state index is -1.21. The number of fused-ring (bicyclic) bond motifs is 1. The summed E-state index contributed by atoms with van der Waals surface area (Å²) in [6.45, 7) is 5.65. The Labute approximate surface area is 179 Å². The lowest BCUT2D eigenvalue weighted by Crippen LogP contribution is -2.30. The molecular weight excluding hydrogens is 400 g/mol. The molecule has 0 spiro atoms. The van der Waals surface area contributed by atoms with E-state index in [1.807, 2.05) is 24.3 Å². The lowest BCUT2D eigenvalue weighted by atomic mass is 10.0. The zero-order chi connectivity index (χ0) is 22.5. The molecule has 8 heteroatoms. The molecule has 1 heterocycles. The van der Waals surface area contributed by atoms with Crippen LogP contribution in [-0.2, 0) is 4.79 Å². The van der Waals surface area contributed by atoms with Crippen LogP contribution in [0.5, 0.6) is 23.1 Å². The summed E-state index contributed by atoms with van der Waals surface area (Å²) in [7, 11) is 0. The van der Waals surface area contributed by atoms with Gasteiger partial charge in [-0.1, -0.05) is 26.0 Å². The summed E-state index contributed by atoms with van der Waals surface area (Å²) in [5.74, 6) is -0.706. The van der Waals surface area contributed by atoms with E-state index >= 15 is 0 Å². The number of aromatic hydroxyl groups is 1. The molecule has 31 heavy (non-hydrogen) atoms. The molecule has 0 saturated carbocycles. The third-order valence-electron chi connectivity index (χ3n) is 4.57. The number of benzene rings is 2. The monoisotopic (exact) mass is 424 g/mol. The van der Waals surface area contributed by atoms with E-state index in [1.165, 1.54) is 0 Å². The number of ether oxygens (including phenoxy) is 2. The summed E-state index contributed by atoms with van der Waals surface area (Å²) in [4.78, 5) is 27.1. The number of rotatable bonds is 8. The predicted molar refractivity (Wildman–Crippen MR) is 115 cm³/mol. The molecular formula is C23H24N2O6. The number of aromatic nitrogens is 1. The highest BCUT2D eigenvalue weighted by Gasteiger charge is 2.21. The van der Waals surface area contributed by atoms with Crippen molar-refractivity contribution in [1.82, 2.24) is 10.3 Å². The maximum absolute atomic E-state index is 12.3. The first-order valence-electron chi connectivity index (χ1n) is 9.87. The van der Waals surface area contributed by atoms with Crippen LogP contribution >= 0.6 is 0 Å². The molecule has 0 radical (unpaired) electrons. The minimum Gasteiger partial charge on any atom is -0.505 e. The molecule has 0 saturated heterocycles. The molecule has 0 unspecified atom stereocenters. The van der Waals surface area contributed by atoms with E-state index in [0.717, 1.165) is 5.56 Å². The molecule has 3 N–H and O–H groups in total. The van der Waals surface area contributed by atoms with E-state index in [0.29, 0.717) is 28.2 Å². The second kappa shape index (κ2) is 9.34. The van der Waals surface area contributed by atoms with Gasteiger partial charge in [0, 0.05) is 5.39 Å². The molecule has 2 aromatic carbocycles. The molecule has 162 valence electrons. The Bertz CT molecular complexity index is 1130. The highest BCUT2D eigenvalue weighted by molar-refractivity contribution is 6.04. The second-order valence-corrected chi connectivity index (χ2v) is 7.16. The average Bonchev–Trinajstić information content (AvgIpc) is 2.74. The molecule has 0 atom stereocenters. The van der Waals surface area contributed by atoms with Crippen molar-refractivity contribution in [2.45, 2.75) is 26.7 Å². The Balaban J connectivity index is 2.00. The van der Waals surface area contributed by atoms with Gasteiger partial charge in [-0.25, -0.2) is 4.98 Å². The van der Waals surface area contributed by atoms with Gasteiger partial charge in [0.2, 0.25) is 5.88 Å². The van der Waals surface area contributed by atoms with Gasteiger partial charge in [-0.3, -0.25) is 9.59 Å². The number of pyridine rings is 1. The van der Waals surface area contributed by atoms with Gasteiger partial charge in [0.05, 0.1) is 12.0 Å². The zero-order valence-corrected chi connectivity index (χ0v) is 17.5. The molecule has 8 nitrogen and oxygen atoms in total. The second-order valence-electron chi connectivity index (χ2n) is 7.16. The molecule has 0 aliphatic rings. The largest absolute Gasteiger partial charge is 0.505 e. The summed E-state index contributed by atoms with van der Waals surface area (Å²) < 4.78 is 11.6. The molecule has 0 fully saturated rings. The molecule has 1 amide bonds. The lowest BCUT2D eigenvalue weighted by Gasteiger charge is -2.14. The number of aliphatic carboxylic acids is 1. The van der Waals surface area contributed by atoms with Gasteiger partial charge in [0.1, 0.15) is 18.0 Å². The van der Waals surface area contributed by atoms with Crippen molar-refractivity contribution in [3.63, 3.8) is 0 Å². The van der Waals surface area contributed by atoms with Crippen molar-refractivity contribution in [2.24, 2.45) is 0 Å². The highest BCUT2D eigenvalue weighted by atomic mass is 16.5. The Hall–Kier alpha value is -3.81. The first-order chi connectivity index (χ1) is 14.8. The van der Waals surface area contributed by atoms with Gasteiger partial charge in [0.25, 0.3) is 5.91 Å². The number of nitrogens with one attached hydrogen (secondary N) is 1. The maximum Gasteiger partial charge on any atom is 0.322 e. The van der Waals surface area contributed by atoms with E-state index in [-0.39, 0.29) is 23.9 Å². The number of hydrogen-bond donors (Lipinski definition) is 3. The van der Waals surface area contributed by atoms with E-state index in [1.54, 1.807) is 25.1 Å². The quantitative estimate of drug-likeness (QED) is 0.499.